The second-order valence-electron chi connectivity index (χ2n) is 14.9. The third kappa shape index (κ3) is 5.18. The molecule has 1 aliphatic carbocycles. The van der Waals surface area contributed by atoms with E-state index in [1.807, 2.05) is 0 Å². The largest absolute Gasteiger partial charge is 0.310 e. The van der Waals surface area contributed by atoms with E-state index in [2.05, 4.69) is 240 Å². The lowest BCUT2D eigenvalue weighted by molar-refractivity contribution is 0.768. The third-order valence-corrected chi connectivity index (χ3v) is 11.8. The Morgan fingerprint density at radius 3 is 1.65 bits per heavy atom. The first-order chi connectivity index (χ1) is 28.3. The van der Waals surface area contributed by atoms with Crippen molar-refractivity contribution in [2.24, 2.45) is 0 Å². The van der Waals surface area contributed by atoms with Gasteiger partial charge >= 0.3 is 0 Å². The molecular formula is C55H38N2. The molecule has 2 heteroatoms. The Labute approximate surface area is 333 Å². The van der Waals surface area contributed by atoms with Crippen LogP contribution in [0.25, 0.3) is 49.7 Å². The zero-order chi connectivity index (χ0) is 37.8. The molecule has 2 nitrogen and oxygen atoms in total. The predicted molar refractivity (Wildman–Crippen MR) is 238 cm³/mol. The van der Waals surface area contributed by atoms with Crippen LogP contribution in [0.2, 0.25) is 0 Å². The summed E-state index contributed by atoms with van der Waals surface area (Å²) in [7, 11) is 0. The SMILES string of the molecule is c1ccc(N(c2cccc(-c3ccc4c5ccccc5n(-c5ccccc5)c4c3)c2)c2ccc3c(c2)C(c2ccccc2)(c2ccccc2)c2ccccc2-3)cc1. The summed E-state index contributed by atoms with van der Waals surface area (Å²) in [6.07, 6.45) is 0. The van der Waals surface area contributed by atoms with Gasteiger partial charge in [0.05, 0.1) is 16.4 Å². The van der Waals surface area contributed by atoms with Gasteiger partial charge in [-0.15, -0.1) is 0 Å². The van der Waals surface area contributed by atoms with Crippen molar-refractivity contribution in [3.05, 3.63) is 253 Å². The molecule has 0 N–H and O–H groups in total. The van der Waals surface area contributed by atoms with E-state index in [-0.39, 0.29) is 0 Å². The van der Waals surface area contributed by atoms with Crippen LogP contribution in [0, 0.1) is 0 Å². The third-order valence-electron chi connectivity index (χ3n) is 11.8. The van der Waals surface area contributed by atoms with Crippen molar-refractivity contribution in [3.8, 4) is 27.9 Å². The number of fused-ring (bicyclic) bond motifs is 6. The van der Waals surface area contributed by atoms with E-state index in [1.54, 1.807) is 0 Å². The van der Waals surface area contributed by atoms with Crippen molar-refractivity contribution in [2.45, 2.75) is 5.41 Å². The van der Waals surface area contributed by atoms with Crippen LogP contribution in [0.4, 0.5) is 17.1 Å². The van der Waals surface area contributed by atoms with E-state index >= 15 is 0 Å². The highest BCUT2D eigenvalue weighted by Gasteiger charge is 2.46. The summed E-state index contributed by atoms with van der Waals surface area (Å²) in [5.74, 6) is 0. The van der Waals surface area contributed by atoms with Crippen molar-refractivity contribution in [1.82, 2.24) is 4.57 Å². The number of rotatable bonds is 7. The fourth-order valence-corrected chi connectivity index (χ4v) is 9.43. The fraction of sp³-hybridized carbons (Fsp3) is 0.0182. The number of hydrogen-bond acceptors (Lipinski definition) is 1. The van der Waals surface area contributed by atoms with Gasteiger partial charge in [0.1, 0.15) is 0 Å². The number of benzene rings is 9. The van der Waals surface area contributed by atoms with Crippen LogP contribution in [-0.2, 0) is 5.41 Å². The highest BCUT2D eigenvalue weighted by atomic mass is 15.1. The molecule has 0 amide bonds. The quantitative estimate of drug-likeness (QED) is 0.159. The maximum Gasteiger partial charge on any atom is 0.0714 e. The molecule has 0 spiro atoms. The fourth-order valence-electron chi connectivity index (χ4n) is 9.43. The molecule has 10 aromatic rings. The van der Waals surface area contributed by atoms with Crippen molar-refractivity contribution < 1.29 is 0 Å². The maximum absolute atomic E-state index is 2.44. The van der Waals surface area contributed by atoms with E-state index < -0.39 is 5.41 Å². The minimum atomic E-state index is -0.485. The number of nitrogens with zero attached hydrogens (tertiary/aromatic N) is 2. The van der Waals surface area contributed by atoms with Crippen molar-refractivity contribution in [2.75, 3.05) is 4.90 Å². The van der Waals surface area contributed by atoms with Gasteiger partial charge in [-0.1, -0.05) is 170 Å². The van der Waals surface area contributed by atoms with Gasteiger partial charge in [-0.25, -0.2) is 0 Å². The lowest BCUT2D eigenvalue weighted by Gasteiger charge is -2.35. The predicted octanol–water partition coefficient (Wildman–Crippen LogP) is 14.3. The number of hydrogen-bond donors (Lipinski definition) is 0. The Balaban J connectivity index is 1.10. The summed E-state index contributed by atoms with van der Waals surface area (Å²) in [6.45, 7) is 0. The summed E-state index contributed by atoms with van der Waals surface area (Å²) < 4.78 is 2.39. The molecule has 1 heterocycles. The van der Waals surface area contributed by atoms with Gasteiger partial charge in [0.25, 0.3) is 0 Å². The molecule has 0 aliphatic heterocycles. The Morgan fingerprint density at radius 2 is 0.895 bits per heavy atom. The molecule has 9 aromatic carbocycles. The first kappa shape index (κ1) is 33.0. The van der Waals surface area contributed by atoms with Gasteiger partial charge in [-0.2, -0.15) is 0 Å². The van der Waals surface area contributed by atoms with Crippen LogP contribution in [-0.4, -0.2) is 4.57 Å². The lowest BCUT2D eigenvalue weighted by atomic mass is 9.67. The zero-order valence-corrected chi connectivity index (χ0v) is 31.3. The summed E-state index contributed by atoms with van der Waals surface area (Å²) in [6, 6.07) is 84.2. The molecular weight excluding hydrogens is 689 g/mol. The highest BCUT2D eigenvalue weighted by Crippen LogP contribution is 2.57. The minimum absolute atomic E-state index is 0.485. The summed E-state index contributed by atoms with van der Waals surface area (Å²) in [4.78, 5) is 2.41. The van der Waals surface area contributed by atoms with Gasteiger partial charge in [0, 0.05) is 33.5 Å². The second-order valence-corrected chi connectivity index (χ2v) is 14.9. The molecule has 0 unspecified atom stereocenters. The van der Waals surface area contributed by atoms with E-state index in [1.165, 1.54) is 60.8 Å². The second kappa shape index (κ2) is 13.4. The van der Waals surface area contributed by atoms with Gasteiger partial charge < -0.3 is 9.47 Å². The highest BCUT2D eigenvalue weighted by molar-refractivity contribution is 6.10. The first-order valence-electron chi connectivity index (χ1n) is 19.7. The molecule has 1 aliphatic rings. The molecule has 0 atom stereocenters. The average molecular weight is 727 g/mol. The molecule has 0 saturated carbocycles. The molecule has 1 aromatic heterocycles. The van der Waals surface area contributed by atoms with Crippen LogP contribution in [0.5, 0.6) is 0 Å². The number of para-hydroxylation sites is 3. The Kier molecular flexibility index (Phi) is 7.75. The summed E-state index contributed by atoms with van der Waals surface area (Å²) in [5.41, 5.74) is 16.4. The molecule has 0 saturated heterocycles. The van der Waals surface area contributed by atoms with Crippen LogP contribution < -0.4 is 4.90 Å². The maximum atomic E-state index is 2.44. The Bertz CT molecular complexity index is 3020. The Hall–Kier alpha value is -7.42. The van der Waals surface area contributed by atoms with Gasteiger partial charge in [0.2, 0.25) is 0 Å². The average Bonchev–Trinajstić information content (AvgIpc) is 3.78. The van der Waals surface area contributed by atoms with E-state index in [4.69, 9.17) is 0 Å². The van der Waals surface area contributed by atoms with Gasteiger partial charge in [0.15, 0.2) is 0 Å². The Morgan fingerprint density at radius 1 is 0.333 bits per heavy atom. The standard InChI is InChI=1S/C55H38N2/c1-5-19-41(20-6-1)55(42-21-7-2-8-22-42)51-30-15-13-28-47(51)48-35-33-46(38-52(48)55)56(43-23-9-3-10-24-43)45-27-17-18-39(36-45)40-32-34-50-49-29-14-16-31-53(49)57(54(50)37-40)44-25-11-4-12-26-44/h1-38H. The zero-order valence-electron chi connectivity index (χ0n) is 31.3. The van der Waals surface area contributed by atoms with Gasteiger partial charge in [-0.3, -0.25) is 0 Å². The van der Waals surface area contributed by atoms with Crippen LogP contribution in [0.3, 0.4) is 0 Å². The normalized spacial score (nSPS) is 12.7. The molecule has 0 fully saturated rings. The molecule has 0 bridgehead atoms. The van der Waals surface area contributed by atoms with Crippen molar-refractivity contribution in [1.29, 1.82) is 0 Å². The van der Waals surface area contributed by atoms with Crippen LogP contribution in [0.15, 0.2) is 231 Å². The molecule has 268 valence electrons. The van der Waals surface area contributed by atoms with E-state index in [9.17, 15) is 0 Å². The van der Waals surface area contributed by atoms with E-state index in [0.717, 1.165) is 28.3 Å². The van der Waals surface area contributed by atoms with Crippen molar-refractivity contribution >= 4 is 38.9 Å². The smallest absolute Gasteiger partial charge is 0.0714 e. The number of anilines is 3. The van der Waals surface area contributed by atoms with Crippen molar-refractivity contribution in [3.63, 3.8) is 0 Å². The summed E-state index contributed by atoms with van der Waals surface area (Å²) in [5, 5.41) is 2.51. The lowest BCUT2D eigenvalue weighted by Crippen LogP contribution is -2.28. The number of aromatic nitrogens is 1. The first-order valence-corrected chi connectivity index (χ1v) is 19.7. The van der Waals surface area contributed by atoms with Crippen LogP contribution in [0.1, 0.15) is 22.3 Å². The molecule has 0 radical (unpaired) electrons. The van der Waals surface area contributed by atoms with Crippen LogP contribution >= 0.6 is 0 Å². The monoisotopic (exact) mass is 726 g/mol. The molecule has 57 heavy (non-hydrogen) atoms. The topological polar surface area (TPSA) is 8.17 Å². The van der Waals surface area contributed by atoms with Gasteiger partial charge in [-0.05, 0) is 105 Å². The van der Waals surface area contributed by atoms with E-state index in [0.29, 0.717) is 0 Å². The summed E-state index contributed by atoms with van der Waals surface area (Å²) >= 11 is 0. The minimum Gasteiger partial charge on any atom is -0.310 e. The molecule has 11 rings (SSSR count).